The van der Waals surface area contributed by atoms with Gasteiger partial charge in [-0.15, -0.1) is 0 Å². The number of hydrogen-bond donors (Lipinski definition) is 1. The molecule has 1 aromatic rings. The number of hydrogen-bond acceptors (Lipinski definition) is 3. The number of anilines is 1. The average Bonchev–Trinajstić information content (AvgIpc) is 2.70. The number of nitrogens with two attached hydrogens (primary N) is 1. The Balaban J connectivity index is 2.32. The van der Waals surface area contributed by atoms with Gasteiger partial charge < -0.3 is 10.5 Å². The zero-order chi connectivity index (χ0) is 11.7. The molecule has 0 unspecified atom stereocenters. The van der Waals surface area contributed by atoms with E-state index in [1.54, 1.807) is 0 Å². The number of aliphatic imine (C=N–C) groups is 1. The molecule has 4 heteroatoms. The molecule has 1 heterocycles. The summed E-state index contributed by atoms with van der Waals surface area (Å²) in [5, 5.41) is 0. The highest BCUT2D eigenvalue weighted by Crippen LogP contribution is 2.24. The highest BCUT2D eigenvalue weighted by Gasteiger charge is 2.23. The Kier molecular flexibility index (Phi) is 3.19. The van der Waals surface area contributed by atoms with Crippen LogP contribution >= 0.6 is 15.9 Å². The average molecular weight is 283 g/mol. The van der Waals surface area contributed by atoms with Crippen LogP contribution in [-0.2, 0) is 4.74 Å². The third kappa shape index (κ3) is 2.21. The van der Waals surface area contributed by atoms with Crippen LogP contribution in [0.2, 0.25) is 0 Å². The molecule has 1 aromatic carbocycles. The van der Waals surface area contributed by atoms with E-state index < -0.39 is 0 Å². The van der Waals surface area contributed by atoms with Crippen LogP contribution in [0.4, 0.5) is 5.69 Å². The Bertz CT molecular complexity index is 429. The molecule has 16 heavy (non-hydrogen) atoms. The molecule has 2 rings (SSSR count). The van der Waals surface area contributed by atoms with Crippen molar-refractivity contribution in [2.45, 2.75) is 19.9 Å². The van der Waals surface area contributed by atoms with Gasteiger partial charge in [-0.25, -0.2) is 4.99 Å². The van der Waals surface area contributed by atoms with Gasteiger partial charge in [0.05, 0.1) is 11.6 Å². The first-order valence-corrected chi connectivity index (χ1v) is 6.13. The van der Waals surface area contributed by atoms with E-state index in [2.05, 4.69) is 34.8 Å². The van der Waals surface area contributed by atoms with Crippen molar-refractivity contribution in [2.24, 2.45) is 10.9 Å². The molecule has 0 bridgehead atoms. The lowest BCUT2D eigenvalue weighted by Crippen LogP contribution is -2.13. The van der Waals surface area contributed by atoms with Gasteiger partial charge in [0, 0.05) is 10.2 Å². The number of ether oxygens (including phenoxy) is 1. The number of nitrogens with zero attached hydrogens (tertiary/aromatic N) is 1. The van der Waals surface area contributed by atoms with Gasteiger partial charge in [-0.05, 0) is 24.1 Å². The Labute approximate surface area is 104 Å². The fourth-order valence-corrected chi connectivity index (χ4v) is 1.95. The second-order valence-corrected chi connectivity index (χ2v) is 5.20. The van der Waals surface area contributed by atoms with Crippen molar-refractivity contribution >= 4 is 27.5 Å². The molecule has 0 amide bonds. The summed E-state index contributed by atoms with van der Waals surface area (Å²) in [4.78, 5) is 4.55. The SMILES string of the molecule is CC(C)[C@H]1COC(c2cc(Br)ccc2N)=N1. The van der Waals surface area contributed by atoms with E-state index in [1.807, 2.05) is 18.2 Å². The summed E-state index contributed by atoms with van der Waals surface area (Å²) in [5.74, 6) is 1.16. The first-order chi connectivity index (χ1) is 7.58. The third-order valence-electron chi connectivity index (χ3n) is 2.69. The summed E-state index contributed by atoms with van der Waals surface area (Å²) in [5.41, 5.74) is 7.48. The van der Waals surface area contributed by atoms with Gasteiger partial charge in [0.2, 0.25) is 5.90 Å². The van der Waals surface area contributed by atoms with Gasteiger partial charge >= 0.3 is 0 Å². The predicted molar refractivity (Wildman–Crippen MR) is 69.7 cm³/mol. The zero-order valence-electron chi connectivity index (χ0n) is 9.40. The van der Waals surface area contributed by atoms with Gasteiger partial charge in [0.25, 0.3) is 0 Å². The first kappa shape index (κ1) is 11.5. The Morgan fingerprint density at radius 1 is 1.50 bits per heavy atom. The van der Waals surface area contributed by atoms with Crippen molar-refractivity contribution in [3.05, 3.63) is 28.2 Å². The van der Waals surface area contributed by atoms with Gasteiger partial charge in [-0.1, -0.05) is 29.8 Å². The number of nitrogen functional groups attached to an aromatic ring is 1. The van der Waals surface area contributed by atoms with Crippen LogP contribution in [0, 0.1) is 5.92 Å². The largest absolute Gasteiger partial charge is 0.475 e. The molecule has 0 radical (unpaired) electrons. The first-order valence-electron chi connectivity index (χ1n) is 5.34. The highest BCUT2D eigenvalue weighted by atomic mass is 79.9. The van der Waals surface area contributed by atoms with E-state index in [9.17, 15) is 0 Å². The molecule has 0 spiro atoms. The summed E-state index contributed by atoms with van der Waals surface area (Å²) in [6.07, 6.45) is 0. The molecule has 0 saturated heterocycles. The van der Waals surface area contributed by atoms with Gasteiger partial charge in [0.1, 0.15) is 6.61 Å². The molecule has 2 N–H and O–H groups in total. The molecule has 1 aliphatic rings. The van der Waals surface area contributed by atoms with E-state index in [4.69, 9.17) is 10.5 Å². The minimum absolute atomic E-state index is 0.244. The molecular weight excluding hydrogens is 268 g/mol. The fourth-order valence-electron chi connectivity index (χ4n) is 1.59. The monoisotopic (exact) mass is 282 g/mol. The van der Waals surface area contributed by atoms with Crippen molar-refractivity contribution in [3.63, 3.8) is 0 Å². The van der Waals surface area contributed by atoms with Crippen molar-refractivity contribution in [1.29, 1.82) is 0 Å². The summed E-state index contributed by atoms with van der Waals surface area (Å²) < 4.78 is 6.58. The lowest BCUT2D eigenvalue weighted by Gasteiger charge is -2.06. The summed E-state index contributed by atoms with van der Waals surface area (Å²) in [6, 6.07) is 5.95. The van der Waals surface area contributed by atoms with Crippen LogP contribution in [0.5, 0.6) is 0 Å². The number of rotatable bonds is 2. The van der Waals surface area contributed by atoms with Crippen LogP contribution < -0.4 is 5.73 Å². The fraction of sp³-hybridized carbons (Fsp3) is 0.417. The van der Waals surface area contributed by atoms with Crippen molar-refractivity contribution in [1.82, 2.24) is 0 Å². The molecule has 0 aliphatic carbocycles. The maximum atomic E-state index is 5.91. The Hall–Kier alpha value is -1.03. The second-order valence-electron chi connectivity index (χ2n) is 4.29. The Morgan fingerprint density at radius 2 is 2.25 bits per heavy atom. The van der Waals surface area contributed by atoms with Crippen molar-refractivity contribution < 1.29 is 4.74 Å². The quantitative estimate of drug-likeness (QED) is 0.848. The van der Waals surface area contributed by atoms with Crippen molar-refractivity contribution in [2.75, 3.05) is 12.3 Å². The Morgan fingerprint density at radius 3 is 2.88 bits per heavy atom. The number of benzene rings is 1. The predicted octanol–water partition coefficient (Wildman–Crippen LogP) is 2.83. The van der Waals surface area contributed by atoms with E-state index in [1.165, 1.54) is 0 Å². The topological polar surface area (TPSA) is 47.6 Å². The molecule has 0 saturated carbocycles. The van der Waals surface area contributed by atoms with Gasteiger partial charge in [0.15, 0.2) is 0 Å². The van der Waals surface area contributed by atoms with Gasteiger partial charge in [-0.3, -0.25) is 0 Å². The van der Waals surface area contributed by atoms with Crippen LogP contribution in [-0.4, -0.2) is 18.5 Å². The minimum Gasteiger partial charge on any atom is -0.475 e. The second kappa shape index (κ2) is 4.45. The van der Waals surface area contributed by atoms with Crippen LogP contribution in [0.25, 0.3) is 0 Å². The molecule has 0 aromatic heterocycles. The zero-order valence-corrected chi connectivity index (χ0v) is 11.0. The van der Waals surface area contributed by atoms with Crippen LogP contribution in [0.3, 0.4) is 0 Å². The standard InChI is InChI=1S/C12H15BrN2O/c1-7(2)11-6-16-12(15-11)9-5-8(13)3-4-10(9)14/h3-5,7,11H,6,14H2,1-2H3/t11-/m1/s1. The summed E-state index contributed by atoms with van der Waals surface area (Å²) in [7, 11) is 0. The molecule has 86 valence electrons. The smallest absolute Gasteiger partial charge is 0.218 e. The lowest BCUT2D eigenvalue weighted by atomic mass is 10.1. The normalized spacial score (nSPS) is 19.8. The molecule has 1 atom stereocenters. The maximum absolute atomic E-state index is 5.91. The summed E-state index contributed by atoms with van der Waals surface area (Å²) >= 11 is 3.42. The molecule has 3 nitrogen and oxygen atoms in total. The molecule has 0 fully saturated rings. The molecule has 1 aliphatic heterocycles. The van der Waals surface area contributed by atoms with E-state index in [0.29, 0.717) is 24.1 Å². The highest BCUT2D eigenvalue weighted by molar-refractivity contribution is 9.10. The van der Waals surface area contributed by atoms with Crippen LogP contribution in [0.15, 0.2) is 27.7 Å². The number of halogens is 1. The van der Waals surface area contributed by atoms with Crippen molar-refractivity contribution in [3.8, 4) is 0 Å². The van der Waals surface area contributed by atoms with Gasteiger partial charge in [-0.2, -0.15) is 0 Å². The van der Waals surface area contributed by atoms with E-state index >= 15 is 0 Å². The molecular formula is C12H15BrN2O. The lowest BCUT2D eigenvalue weighted by molar-refractivity contribution is 0.292. The van der Waals surface area contributed by atoms with E-state index in [0.717, 1.165) is 10.0 Å². The third-order valence-corrected chi connectivity index (χ3v) is 3.18. The summed E-state index contributed by atoms with van der Waals surface area (Å²) in [6.45, 7) is 4.94. The maximum Gasteiger partial charge on any atom is 0.218 e. The minimum atomic E-state index is 0.244. The van der Waals surface area contributed by atoms with Crippen LogP contribution in [0.1, 0.15) is 19.4 Å². The van der Waals surface area contributed by atoms with E-state index in [-0.39, 0.29) is 6.04 Å².